The number of amides is 1. The van der Waals surface area contributed by atoms with Gasteiger partial charge in [-0.25, -0.2) is 4.39 Å². The van der Waals surface area contributed by atoms with E-state index in [1.54, 1.807) is 12.1 Å². The van der Waals surface area contributed by atoms with Gasteiger partial charge in [0.15, 0.2) is 0 Å². The number of carbonyl (C=O) groups is 1. The Bertz CT molecular complexity index is 707. The molecule has 2 N–H and O–H groups in total. The minimum absolute atomic E-state index is 0.0911. The molecule has 0 saturated carbocycles. The van der Waals surface area contributed by atoms with Gasteiger partial charge in [-0.05, 0) is 60.7 Å². The summed E-state index contributed by atoms with van der Waals surface area (Å²) in [4.78, 5) is 14.4. The Kier molecular flexibility index (Phi) is 6.23. The van der Waals surface area contributed by atoms with Gasteiger partial charge in [-0.15, -0.1) is 0 Å². The highest BCUT2D eigenvalue weighted by Gasteiger charge is 2.15. The molecule has 1 amide bonds. The molecule has 0 atom stereocenters. The second kappa shape index (κ2) is 8.81. The van der Waals surface area contributed by atoms with Crippen molar-refractivity contribution in [2.75, 3.05) is 29.9 Å². The van der Waals surface area contributed by atoms with Crippen LogP contribution in [0.4, 0.5) is 15.8 Å². The van der Waals surface area contributed by atoms with E-state index >= 15 is 0 Å². The molecule has 1 aliphatic heterocycles. The summed E-state index contributed by atoms with van der Waals surface area (Å²) in [5.74, 6) is 0.466. The zero-order valence-corrected chi connectivity index (χ0v) is 15.2. The van der Waals surface area contributed by atoms with Crippen LogP contribution in [0.3, 0.4) is 0 Å². The average molecular weight is 355 g/mol. The largest absolute Gasteiger partial charge is 0.372 e. The molecule has 0 radical (unpaired) electrons. The molecule has 1 fully saturated rings. The summed E-state index contributed by atoms with van der Waals surface area (Å²) in [5.41, 5.74) is 2.96. The first-order valence-electron chi connectivity index (χ1n) is 9.20. The Morgan fingerprint density at radius 2 is 1.73 bits per heavy atom. The van der Waals surface area contributed by atoms with Crippen LogP contribution in [0, 0.1) is 11.7 Å². The molecule has 0 unspecified atom stereocenters. The lowest BCUT2D eigenvalue weighted by molar-refractivity contribution is -0.115. The summed E-state index contributed by atoms with van der Waals surface area (Å²) < 4.78 is 12.9. The van der Waals surface area contributed by atoms with Gasteiger partial charge in [0, 0.05) is 31.0 Å². The van der Waals surface area contributed by atoms with Crippen molar-refractivity contribution in [3.8, 4) is 0 Å². The quantitative estimate of drug-likeness (QED) is 0.829. The highest BCUT2D eigenvalue weighted by Crippen LogP contribution is 2.24. The average Bonchev–Trinajstić information content (AvgIpc) is 2.65. The van der Waals surface area contributed by atoms with Crippen LogP contribution in [-0.2, 0) is 11.3 Å². The fourth-order valence-corrected chi connectivity index (χ4v) is 3.15. The van der Waals surface area contributed by atoms with Crippen molar-refractivity contribution in [3.63, 3.8) is 0 Å². The Morgan fingerprint density at radius 3 is 2.38 bits per heavy atom. The predicted molar refractivity (Wildman–Crippen MR) is 104 cm³/mol. The van der Waals surface area contributed by atoms with Crippen LogP contribution >= 0.6 is 0 Å². The summed E-state index contributed by atoms with van der Waals surface area (Å²) in [6, 6.07) is 14.3. The smallest absolute Gasteiger partial charge is 0.238 e. The minimum Gasteiger partial charge on any atom is -0.372 e. The van der Waals surface area contributed by atoms with Gasteiger partial charge in [-0.2, -0.15) is 0 Å². The second-order valence-corrected chi connectivity index (χ2v) is 6.99. The van der Waals surface area contributed by atoms with Crippen LogP contribution < -0.4 is 15.5 Å². The molecule has 138 valence electrons. The van der Waals surface area contributed by atoms with Gasteiger partial charge in [-0.1, -0.05) is 19.1 Å². The molecule has 0 aliphatic carbocycles. The maximum atomic E-state index is 12.9. The molecule has 1 aliphatic rings. The highest BCUT2D eigenvalue weighted by molar-refractivity contribution is 5.92. The first kappa shape index (κ1) is 18.4. The number of halogens is 1. The van der Waals surface area contributed by atoms with E-state index in [1.165, 1.54) is 30.7 Å². The number of nitrogens with one attached hydrogen (secondary N) is 2. The lowest BCUT2D eigenvalue weighted by Gasteiger charge is -2.32. The van der Waals surface area contributed by atoms with Crippen LogP contribution in [0.5, 0.6) is 0 Å². The summed E-state index contributed by atoms with van der Waals surface area (Å²) in [6.45, 7) is 5.24. The van der Waals surface area contributed by atoms with Gasteiger partial charge in [-0.3, -0.25) is 4.79 Å². The number of rotatable bonds is 6. The van der Waals surface area contributed by atoms with E-state index in [9.17, 15) is 9.18 Å². The van der Waals surface area contributed by atoms with Crippen molar-refractivity contribution < 1.29 is 9.18 Å². The third kappa shape index (κ3) is 5.30. The summed E-state index contributed by atoms with van der Waals surface area (Å²) in [5, 5.41) is 5.96. The van der Waals surface area contributed by atoms with E-state index in [4.69, 9.17) is 0 Å². The number of nitrogens with zero attached hydrogens (tertiary/aromatic N) is 1. The Balaban J connectivity index is 1.43. The second-order valence-electron chi connectivity index (χ2n) is 6.99. The molecule has 0 bridgehead atoms. The van der Waals surface area contributed by atoms with Crippen LogP contribution in [0.2, 0.25) is 0 Å². The molecule has 5 heteroatoms. The van der Waals surface area contributed by atoms with Crippen molar-refractivity contribution in [1.29, 1.82) is 0 Å². The van der Waals surface area contributed by atoms with Gasteiger partial charge in [0.1, 0.15) is 5.82 Å². The van der Waals surface area contributed by atoms with E-state index in [0.717, 1.165) is 30.3 Å². The molecule has 0 spiro atoms. The minimum atomic E-state index is -0.256. The number of anilines is 2. The molecular weight excluding hydrogens is 329 g/mol. The number of piperidine rings is 1. The molecule has 26 heavy (non-hydrogen) atoms. The van der Waals surface area contributed by atoms with Crippen molar-refractivity contribution in [1.82, 2.24) is 5.32 Å². The lowest BCUT2D eigenvalue weighted by atomic mass is 9.99. The first-order chi connectivity index (χ1) is 12.6. The SMILES string of the molecule is CC1CCN(c2ccc(NC(=O)CNCc3ccc(F)cc3)cc2)CC1. The fourth-order valence-electron chi connectivity index (χ4n) is 3.15. The molecular formula is C21H26FN3O. The van der Waals surface area contributed by atoms with E-state index in [0.29, 0.717) is 6.54 Å². The number of benzene rings is 2. The Hall–Kier alpha value is -2.40. The van der Waals surface area contributed by atoms with E-state index in [-0.39, 0.29) is 18.3 Å². The van der Waals surface area contributed by atoms with Gasteiger partial charge < -0.3 is 15.5 Å². The predicted octanol–water partition coefficient (Wildman–Crippen LogP) is 3.79. The third-order valence-electron chi connectivity index (χ3n) is 4.83. The van der Waals surface area contributed by atoms with Gasteiger partial charge in [0.2, 0.25) is 5.91 Å². The summed E-state index contributed by atoms with van der Waals surface area (Å²) >= 11 is 0. The molecule has 1 heterocycles. The van der Waals surface area contributed by atoms with Crippen LogP contribution in [0.15, 0.2) is 48.5 Å². The van der Waals surface area contributed by atoms with Crippen LogP contribution in [0.25, 0.3) is 0 Å². The van der Waals surface area contributed by atoms with Crippen molar-refractivity contribution in [2.45, 2.75) is 26.3 Å². The lowest BCUT2D eigenvalue weighted by Crippen LogP contribution is -2.32. The van der Waals surface area contributed by atoms with Crippen molar-refractivity contribution in [2.24, 2.45) is 5.92 Å². The zero-order valence-electron chi connectivity index (χ0n) is 15.2. The molecule has 1 saturated heterocycles. The highest BCUT2D eigenvalue weighted by atomic mass is 19.1. The summed E-state index contributed by atoms with van der Waals surface area (Å²) in [6.07, 6.45) is 2.47. The van der Waals surface area contributed by atoms with Crippen molar-refractivity contribution in [3.05, 3.63) is 59.9 Å². The van der Waals surface area contributed by atoms with Crippen molar-refractivity contribution >= 4 is 17.3 Å². The maximum absolute atomic E-state index is 12.9. The molecule has 0 aromatic heterocycles. The van der Waals surface area contributed by atoms with Gasteiger partial charge >= 0.3 is 0 Å². The maximum Gasteiger partial charge on any atom is 0.238 e. The fraction of sp³-hybridized carbons (Fsp3) is 0.381. The molecule has 3 rings (SSSR count). The van der Waals surface area contributed by atoms with E-state index in [1.807, 2.05) is 12.1 Å². The van der Waals surface area contributed by atoms with E-state index < -0.39 is 0 Å². The molecule has 2 aromatic carbocycles. The third-order valence-corrected chi connectivity index (χ3v) is 4.83. The normalized spacial score (nSPS) is 15.1. The van der Waals surface area contributed by atoms with Crippen LogP contribution in [-0.4, -0.2) is 25.5 Å². The van der Waals surface area contributed by atoms with E-state index in [2.05, 4.69) is 34.6 Å². The van der Waals surface area contributed by atoms with Gasteiger partial charge in [0.05, 0.1) is 6.54 Å². The Labute approximate surface area is 154 Å². The monoisotopic (exact) mass is 355 g/mol. The molecule has 2 aromatic rings. The summed E-state index contributed by atoms with van der Waals surface area (Å²) in [7, 11) is 0. The van der Waals surface area contributed by atoms with Crippen LogP contribution in [0.1, 0.15) is 25.3 Å². The molecule has 4 nitrogen and oxygen atoms in total. The van der Waals surface area contributed by atoms with Gasteiger partial charge in [0.25, 0.3) is 0 Å². The number of hydrogen-bond acceptors (Lipinski definition) is 3. The standard InChI is InChI=1S/C21H26FN3O/c1-16-10-12-25(13-11-16)20-8-6-19(7-9-20)24-21(26)15-23-14-17-2-4-18(22)5-3-17/h2-9,16,23H,10-15H2,1H3,(H,24,26). The Morgan fingerprint density at radius 1 is 1.08 bits per heavy atom. The number of hydrogen-bond donors (Lipinski definition) is 2. The number of carbonyl (C=O) groups excluding carboxylic acids is 1. The topological polar surface area (TPSA) is 44.4 Å². The first-order valence-corrected chi connectivity index (χ1v) is 9.20. The zero-order chi connectivity index (χ0) is 18.4.